The second-order valence-electron chi connectivity index (χ2n) is 13.6. The number of aliphatic imine (C=N–C) groups is 2. The second-order valence-corrected chi connectivity index (χ2v) is 13.6. The summed E-state index contributed by atoms with van der Waals surface area (Å²) in [5.41, 5.74) is 20.1. The largest absolute Gasteiger partial charge is 0.383 e. The van der Waals surface area contributed by atoms with Crippen LogP contribution in [0.15, 0.2) is 174 Å². The third-order valence-corrected chi connectivity index (χ3v) is 10.7. The Balaban J connectivity index is 1.01. The molecule has 0 spiro atoms. The lowest BCUT2D eigenvalue weighted by Crippen LogP contribution is -2.28. The molecule has 11 rings (SSSR count). The highest BCUT2D eigenvalue weighted by molar-refractivity contribution is 6.30. The van der Waals surface area contributed by atoms with E-state index in [2.05, 4.69) is 162 Å². The van der Waals surface area contributed by atoms with Crippen LogP contribution < -0.4 is 11.1 Å². The molecule has 5 heteroatoms. The molecule has 244 valence electrons. The van der Waals surface area contributed by atoms with Crippen LogP contribution in [0.5, 0.6) is 0 Å². The van der Waals surface area contributed by atoms with Gasteiger partial charge in [0.15, 0.2) is 0 Å². The molecule has 0 bridgehead atoms. The van der Waals surface area contributed by atoms with Gasteiger partial charge in [0, 0.05) is 38.8 Å². The number of hydrogen-bond acceptors (Lipinski definition) is 3. The molecule has 2 aliphatic rings. The summed E-state index contributed by atoms with van der Waals surface area (Å²) in [6, 6.07) is 58.2. The Labute approximate surface area is 300 Å². The molecule has 9 aromatic rings. The molecule has 0 saturated heterocycles. The number of fused-ring (bicyclic) bond motifs is 5. The third kappa shape index (κ3) is 4.23. The van der Waals surface area contributed by atoms with Crippen molar-refractivity contribution in [1.29, 1.82) is 0 Å². The number of anilines is 1. The van der Waals surface area contributed by atoms with E-state index in [0.717, 1.165) is 33.8 Å². The van der Waals surface area contributed by atoms with Gasteiger partial charge in [-0.05, 0) is 92.3 Å². The fourth-order valence-corrected chi connectivity index (χ4v) is 8.40. The van der Waals surface area contributed by atoms with Crippen LogP contribution in [0.1, 0.15) is 16.7 Å². The van der Waals surface area contributed by atoms with E-state index in [1.807, 2.05) is 12.1 Å². The average molecular weight is 666 g/mol. The molecule has 0 radical (unpaired) electrons. The zero-order valence-electron chi connectivity index (χ0n) is 28.1. The fourth-order valence-electron chi connectivity index (χ4n) is 8.40. The number of para-hydroxylation sites is 1. The van der Waals surface area contributed by atoms with Gasteiger partial charge in [-0.2, -0.15) is 0 Å². The van der Waals surface area contributed by atoms with E-state index in [4.69, 9.17) is 15.7 Å². The maximum absolute atomic E-state index is 6.74. The Morgan fingerprint density at radius 1 is 0.538 bits per heavy atom. The van der Waals surface area contributed by atoms with Gasteiger partial charge in [0.25, 0.3) is 0 Å². The Bertz CT molecular complexity index is 3000. The number of nitrogens with two attached hydrogens (primary N) is 1. The summed E-state index contributed by atoms with van der Waals surface area (Å²) in [5.74, 6) is 0.427. The Kier molecular flexibility index (Phi) is 6.10. The van der Waals surface area contributed by atoms with Crippen molar-refractivity contribution < 1.29 is 0 Å². The number of benzene rings is 8. The molecule has 1 atom stereocenters. The minimum absolute atomic E-state index is 0.427. The number of aromatic nitrogens is 1. The van der Waals surface area contributed by atoms with E-state index in [9.17, 15) is 0 Å². The summed E-state index contributed by atoms with van der Waals surface area (Å²) in [5, 5.41) is 11.0. The smallest absolute Gasteiger partial charge is 0.216 e. The second kappa shape index (κ2) is 11.0. The summed E-state index contributed by atoms with van der Waals surface area (Å²) in [7, 11) is 0. The molecule has 1 aromatic heterocycles. The van der Waals surface area contributed by atoms with Crippen molar-refractivity contribution in [3.05, 3.63) is 180 Å². The number of nitrogens with zero attached hydrogens (tertiary/aromatic N) is 3. The Morgan fingerprint density at radius 2 is 1.17 bits per heavy atom. The summed E-state index contributed by atoms with van der Waals surface area (Å²) in [6.45, 7) is 0. The summed E-state index contributed by atoms with van der Waals surface area (Å²) in [4.78, 5) is 10.00. The molecule has 5 nitrogen and oxygen atoms in total. The van der Waals surface area contributed by atoms with E-state index in [-0.39, 0.29) is 0 Å². The third-order valence-electron chi connectivity index (χ3n) is 10.7. The van der Waals surface area contributed by atoms with Crippen LogP contribution in [0.3, 0.4) is 0 Å². The highest BCUT2D eigenvalue weighted by atomic mass is 15.2. The number of amidine groups is 1. The highest BCUT2D eigenvalue weighted by Gasteiger charge is 2.25. The lowest BCUT2D eigenvalue weighted by Gasteiger charge is -2.24. The van der Waals surface area contributed by atoms with Crippen molar-refractivity contribution in [2.75, 3.05) is 5.32 Å². The highest BCUT2D eigenvalue weighted by Crippen LogP contribution is 2.49. The van der Waals surface area contributed by atoms with Gasteiger partial charge in [-0.15, -0.1) is 0 Å². The van der Waals surface area contributed by atoms with Gasteiger partial charge < -0.3 is 15.6 Å². The molecule has 8 aromatic carbocycles. The monoisotopic (exact) mass is 665 g/mol. The minimum Gasteiger partial charge on any atom is -0.383 e. The zero-order valence-corrected chi connectivity index (χ0v) is 28.1. The van der Waals surface area contributed by atoms with Crippen LogP contribution >= 0.6 is 0 Å². The van der Waals surface area contributed by atoms with Crippen LogP contribution in [0.25, 0.3) is 71.3 Å². The van der Waals surface area contributed by atoms with Gasteiger partial charge in [-0.3, -0.25) is 0 Å². The summed E-state index contributed by atoms with van der Waals surface area (Å²) < 4.78 is 2.38. The van der Waals surface area contributed by atoms with E-state index in [1.54, 1.807) is 0 Å². The van der Waals surface area contributed by atoms with Gasteiger partial charge in [-0.25, -0.2) is 9.98 Å². The molecule has 0 amide bonds. The first-order valence-corrected chi connectivity index (χ1v) is 17.7. The predicted molar refractivity (Wildman–Crippen MR) is 217 cm³/mol. The fraction of sp³-hybridized carbons (Fsp3) is 0.0213. The minimum atomic E-state index is -0.567. The van der Waals surface area contributed by atoms with Crippen molar-refractivity contribution in [3.8, 4) is 27.9 Å². The maximum Gasteiger partial charge on any atom is 0.216 e. The van der Waals surface area contributed by atoms with E-state index in [1.165, 1.54) is 65.6 Å². The van der Waals surface area contributed by atoms with Gasteiger partial charge in [-0.1, -0.05) is 115 Å². The number of nitrogens with one attached hydrogen (secondary N) is 1. The van der Waals surface area contributed by atoms with Crippen LogP contribution in [0.2, 0.25) is 0 Å². The van der Waals surface area contributed by atoms with Crippen molar-refractivity contribution in [2.45, 2.75) is 6.29 Å². The van der Waals surface area contributed by atoms with Gasteiger partial charge in [0.05, 0.1) is 16.7 Å². The lowest BCUT2D eigenvalue weighted by atomic mass is 9.93. The summed E-state index contributed by atoms with van der Waals surface area (Å²) >= 11 is 0. The average Bonchev–Trinajstić information content (AvgIpc) is 3.48. The van der Waals surface area contributed by atoms with Crippen LogP contribution in [-0.4, -0.2) is 22.4 Å². The molecule has 1 unspecified atom stereocenters. The first kappa shape index (κ1) is 28.8. The van der Waals surface area contributed by atoms with E-state index >= 15 is 0 Å². The summed E-state index contributed by atoms with van der Waals surface area (Å²) in [6.07, 6.45) is -0.567. The zero-order chi connectivity index (χ0) is 34.3. The Morgan fingerprint density at radius 3 is 2.00 bits per heavy atom. The standard InChI is InChI=1S/C47H31N5/c48-46(51-47-49-39-17-6-5-14-38(39)45(50-47)32-20-19-28-9-1-2-10-31(28)27-32)30-21-24-33(25-22-30)52-40-18-8-16-37-35-13-4-3-12-34(35)36-15-7-11-29-23-26-41(52)44(42(29)36)43(37)40/h1-27,47,49H,(H2,48,51). The van der Waals surface area contributed by atoms with E-state index < -0.39 is 6.29 Å². The quantitative estimate of drug-likeness (QED) is 0.145. The Hall–Kier alpha value is -6.98. The molecule has 0 saturated carbocycles. The first-order valence-electron chi connectivity index (χ1n) is 17.7. The van der Waals surface area contributed by atoms with Gasteiger partial charge in [0.2, 0.25) is 6.29 Å². The van der Waals surface area contributed by atoms with Crippen LogP contribution in [-0.2, 0) is 0 Å². The SMILES string of the molecule is N/C(=N\C1N=C(c2ccc3ccccc3c2)c2ccccc2N1)c1ccc(-n2c3cccc4c3c3c5c(cccc5ccc32)-c2ccccc2-4)cc1. The molecule has 0 fully saturated rings. The molecule has 1 aliphatic carbocycles. The predicted octanol–water partition coefficient (Wildman–Crippen LogP) is 10.7. The van der Waals surface area contributed by atoms with Crippen LogP contribution in [0, 0.1) is 0 Å². The van der Waals surface area contributed by atoms with Gasteiger partial charge in [0.1, 0.15) is 5.84 Å². The normalized spacial score (nSPS) is 14.8. The topological polar surface area (TPSA) is 67.7 Å². The maximum atomic E-state index is 6.74. The molecular weight excluding hydrogens is 635 g/mol. The number of hydrogen-bond donors (Lipinski definition) is 2. The molecule has 3 N–H and O–H groups in total. The van der Waals surface area contributed by atoms with Crippen molar-refractivity contribution in [3.63, 3.8) is 0 Å². The van der Waals surface area contributed by atoms with Crippen molar-refractivity contribution >= 4 is 60.6 Å². The van der Waals surface area contributed by atoms with Crippen molar-refractivity contribution in [1.82, 2.24) is 4.57 Å². The molecule has 1 aliphatic heterocycles. The van der Waals surface area contributed by atoms with Gasteiger partial charge >= 0.3 is 0 Å². The first-order chi connectivity index (χ1) is 25.7. The molecule has 52 heavy (non-hydrogen) atoms. The van der Waals surface area contributed by atoms with Crippen molar-refractivity contribution in [2.24, 2.45) is 15.7 Å². The lowest BCUT2D eigenvalue weighted by molar-refractivity contribution is 0.802. The molecular formula is C47H31N5. The van der Waals surface area contributed by atoms with E-state index in [0.29, 0.717) is 5.84 Å². The van der Waals surface area contributed by atoms with Crippen LogP contribution in [0.4, 0.5) is 5.69 Å². The molecule has 2 heterocycles. The number of rotatable bonds is 4.